The van der Waals surface area contributed by atoms with Crippen LogP contribution in [0.3, 0.4) is 0 Å². The average molecular weight is 179 g/mol. The second-order valence-electron chi connectivity index (χ2n) is 3.69. The Balaban J connectivity index is 2.14. The predicted molar refractivity (Wildman–Crippen MR) is 46.2 cm³/mol. The van der Waals surface area contributed by atoms with Gasteiger partial charge in [0.15, 0.2) is 0 Å². The van der Waals surface area contributed by atoms with E-state index in [4.69, 9.17) is 4.74 Å². The minimum Gasteiger partial charge on any atom is -0.491 e. The molecule has 13 heavy (non-hydrogen) atoms. The van der Waals surface area contributed by atoms with Gasteiger partial charge in [0, 0.05) is 5.56 Å². The van der Waals surface area contributed by atoms with Crippen molar-refractivity contribution in [1.29, 1.82) is 0 Å². The summed E-state index contributed by atoms with van der Waals surface area (Å²) in [6, 6.07) is 4.73. The van der Waals surface area contributed by atoms with Crippen molar-refractivity contribution < 1.29 is 9.13 Å². The zero-order chi connectivity index (χ0) is 8.89. The molecule has 2 heterocycles. The summed E-state index contributed by atoms with van der Waals surface area (Å²) in [6.07, 6.45) is 1.05. The van der Waals surface area contributed by atoms with E-state index >= 15 is 0 Å². The second-order valence-corrected chi connectivity index (χ2v) is 3.69. The lowest BCUT2D eigenvalue weighted by atomic mass is 9.83. The van der Waals surface area contributed by atoms with E-state index in [2.05, 4.69) is 5.32 Å². The molecule has 1 unspecified atom stereocenters. The molecule has 3 rings (SSSR count). The van der Waals surface area contributed by atoms with Crippen LogP contribution in [0.1, 0.15) is 12.0 Å². The monoisotopic (exact) mass is 179 g/mol. The van der Waals surface area contributed by atoms with Crippen molar-refractivity contribution in [3.63, 3.8) is 0 Å². The molecule has 0 aliphatic carbocycles. The minimum atomic E-state index is -0.183. The third-order valence-electron chi connectivity index (χ3n) is 2.95. The van der Waals surface area contributed by atoms with Crippen LogP contribution in [0.15, 0.2) is 18.2 Å². The zero-order valence-electron chi connectivity index (χ0n) is 7.14. The number of hydrogen-bond donors (Lipinski definition) is 1. The van der Waals surface area contributed by atoms with Gasteiger partial charge < -0.3 is 10.1 Å². The van der Waals surface area contributed by atoms with E-state index in [1.165, 1.54) is 6.07 Å². The van der Waals surface area contributed by atoms with Gasteiger partial charge in [-0.1, -0.05) is 0 Å². The van der Waals surface area contributed by atoms with Gasteiger partial charge in [-0.25, -0.2) is 4.39 Å². The van der Waals surface area contributed by atoms with E-state index in [1.54, 1.807) is 12.1 Å². The summed E-state index contributed by atoms with van der Waals surface area (Å²) < 4.78 is 18.5. The van der Waals surface area contributed by atoms with Gasteiger partial charge in [0.05, 0.1) is 5.54 Å². The van der Waals surface area contributed by atoms with Crippen LogP contribution in [-0.4, -0.2) is 13.2 Å². The molecule has 2 aliphatic heterocycles. The maximum Gasteiger partial charge on any atom is 0.124 e. The van der Waals surface area contributed by atoms with Crippen LogP contribution in [0.25, 0.3) is 0 Å². The molecule has 0 amide bonds. The normalized spacial score (nSPS) is 29.6. The fourth-order valence-corrected chi connectivity index (χ4v) is 2.06. The number of ether oxygens (including phenoxy) is 1. The Bertz CT molecular complexity index is 360. The fourth-order valence-electron chi connectivity index (χ4n) is 2.06. The standard InChI is InChI=1S/C10H10FNO/c11-7-1-2-9-8(5-7)10(6-13-9)3-4-12-10/h1-2,5,12H,3-4,6H2. The third kappa shape index (κ3) is 0.851. The molecule has 1 aromatic rings. The molecule has 68 valence electrons. The third-order valence-corrected chi connectivity index (χ3v) is 2.95. The van der Waals surface area contributed by atoms with Gasteiger partial charge in [-0.15, -0.1) is 0 Å². The molecule has 0 radical (unpaired) electrons. The van der Waals surface area contributed by atoms with E-state index < -0.39 is 0 Å². The molecule has 1 fully saturated rings. The van der Waals surface area contributed by atoms with Crippen LogP contribution in [-0.2, 0) is 5.54 Å². The molecular formula is C10H10FNO. The molecule has 0 aromatic heterocycles. The molecule has 2 nitrogen and oxygen atoms in total. The highest BCUT2D eigenvalue weighted by Crippen LogP contribution is 2.42. The molecule has 1 saturated heterocycles. The van der Waals surface area contributed by atoms with E-state index in [0.717, 1.165) is 24.3 Å². The van der Waals surface area contributed by atoms with Gasteiger partial charge in [-0.3, -0.25) is 0 Å². The highest BCUT2D eigenvalue weighted by molar-refractivity contribution is 5.44. The molecule has 1 atom stereocenters. The first-order valence-electron chi connectivity index (χ1n) is 4.48. The van der Waals surface area contributed by atoms with E-state index in [1.807, 2.05) is 0 Å². The van der Waals surface area contributed by atoms with Crippen molar-refractivity contribution in [2.75, 3.05) is 13.2 Å². The SMILES string of the molecule is Fc1ccc2c(c1)C1(CCN1)CO2. The lowest BCUT2D eigenvalue weighted by Gasteiger charge is -2.38. The Labute approximate surface area is 75.7 Å². The fraction of sp³-hybridized carbons (Fsp3) is 0.400. The van der Waals surface area contributed by atoms with Gasteiger partial charge in [-0.2, -0.15) is 0 Å². The summed E-state index contributed by atoms with van der Waals surface area (Å²) in [5.74, 6) is 0.644. The van der Waals surface area contributed by atoms with Crippen LogP contribution >= 0.6 is 0 Å². The van der Waals surface area contributed by atoms with Gasteiger partial charge in [0.1, 0.15) is 18.2 Å². The number of benzene rings is 1. The molecule has 2 aliphatic rings. The Hall–Kier alpha value is -1.09. The van der Waals surface area contributed by atoms with E-state index in [-0.39, 0.29) is 11.4 Å². The van der Waals surface area contributed by atoms with Gasteiger partial charge in [-0.05, 0) is 31.2 Å². The quantitative estimate of drug-likeness (QED) is 0.650. The summed E-state index contributed by atoms with van der Waals surface area (Å²) in [6.45, 7) is 1.64. The Morgan fingerprint density at radius 1 is 1.46 bits per heavy atom. The first-order valence-corrected chi connectivity index (χ1v) is 4.48. The minimum absolute atomic E-state index is 0.0720. The van der Waals surface area contributed by atoms with Crippen LogP contribution in [0.5, 0.6) is 5.75 Å². The van der Waals surface area contributed by atoms with Crippen molar-refractivity contribution in [1.82, 2.24) is 5.32 Å². The molecule has 0 saturated carbocycles. The van der Waals surface area contributed by atoms with Crippen molar-refractivity contribution >= 4 is 0 Å². The highest BCUT2D eigenvalue weighted by Gasteiger charge is 2.45. The van der Waals surface area contributed by atoms with Crippen molar-refractivity contribution in [3.05, 3.63) is 29.6 Å². The molecule has 3 heteroatoms. The summed E-state index contributed by atoms with van der Waals surface area (Å²) in [5, 5.41) is 3.31. The summed E-state index contributed by atoms with van der Waals surface area (Å²) >= 11 is 0. The maximum absolute atomic E-state index is 13.0. The number of fused-ring (bicyclic) bond motifs is 2. The zero-order valence-corrected chi connectivity index (χ0v) is 7.14. The van der Waals surface area contributed by atoms with Gasteiger partial charge in [0.2, 0.25) is 0 Å². The summed E-state index contributed by atoms with van der Waals surface area (Å²) in [5.41, 5.74) is 0.913. The van der Waals surface area contributed by atoms with Gasteiger partial charge >= 0.3 is 0 Å². The number of halogens is 1. The topological polar surface area (TPSA) is 21.3 Å². The average Bonchev–Trinajstić information content (AvgIpc) is 2.41. The summed E-state index contributed by atoms with van der Waals surface area (Å²) in [7, 11) is 0. The van der Waals surface area contributed by atoms with Crippen LogP contribution in [0.4, 0.5) is 4.39 Å². The highest BCUT2D eigenvalue weighted by atomic mass is 19.1. The Kier molecular flexibility index (Phi) is 1.26. The van der Waals surface area contributed by atoms with Crippen molar-refractivity contribution in [3.8, 4) is 5.75 Å². The molecule has 1 spiro atoms. The number of nitrogens with one attached hydrogen (secondary N) is 1. The van der Waals surface area contributed by atoms with Crippen LogP contribution in [0.2, 0.25) is 0 Å². The van der Waals surface area contributed by atoms with Crippen molar-refractivity contribution in [2.45, 2.75) is 12.0 Å². The first kappa shape index (κ1) is 7.33. The predicted octanol–water partition coefficient (Wildman–Crippen LogP) is 1.41. The molecular weight excluding hydrogens is 169 g/mol. The van der Waals surface area contributed by atoms with E-state index in [9.17, 15) is 4.39 Å². The molecule has 1 aromatic carbocycles. The molecule has 0 bridgehead atoms. The lowest BCUT2D eigenvalue weighted by Crippen LogP contribution is -2.55. The van der Waals surface area contributed by atoms with Crippen LogP contribution < -0.4 is 10.1 Å². The van der Waals surface area contributed by atoms with Gasteiger partial charge in [0.25, 0.3) is 0 Å². The smallest absolute Gasteiger partial charge is 0.124 e. The Morgan fingerprint density at radius 2 is 2.31 bits per heavy atom. The largest absolute Gasteiger partial charge is 0.491 e. The van der Waals surface area contributed by atoms with Crippen molar-refractivity contribution in [2.24, 2.45) is 0 Å². The summed E-state index contributed by atoms with van der Waals surface area (Å²) in [4.78, 5) is 0. The first-order chi connectivity index (χ1) is 6.30. The Morgan fingerprint density at radius 3 is 3.00 bits per heavy atom. The number of rotatable bonds is 0. The number of hydrogen-bond acceptors (Lipinski definition) is 2. The lowest BCUT2D eigenvalue weighted by molar-refractivity contribution is 0.154. The molecule has 1 N–H and O–H groups in total. The maximum atomic E-state index is 13.0. The second kappa shape index (κ2) is 2.23. The van der Waals surface area contributed by atoms with Crippen LogP contribution in [0, 0.1) is 5.82 Å². The van der Waals surface area contributed by atoms with E-state index in [0.29, 0.717) is 6.61 Å².